The third-order valence-corrected chi connectivity index (χ3v) is 9.57. The van der Waals surface area contributed by atoms with Gasteiger partial charge in [0.1, 0.15) is 17.2 Å². The number of hydrogen-bond acceptors (Lipinski definition) is 7. The van der Waals surface area contributed by atoms with Gasteiger partial charge in [0.15, 0.2) is 0 Å². The van der Waals surface area contributed by atoms with Crippen molar-refractivity contribution in [3.8, 4) is 17.2 Å². The molecule has 4 fully saturated rings. The Morgan fingerprint density at radius 1 is 0.482 bits per heavy atom. The largest absolute Gasteiger partial charge is 0.493 e. The molecule has 7 heteroatoms. The molecular formula is C49H78O7. The highest BCUT2D eigenvalue weighted by atomic mass is 16.6. The Morgan fingerprint density at radius 2 is 0.732 bits per heavy atom. The van der Waals surface area contributed by atoms with Crippen LogP contribution in [-0.4, -0.2) is 70.7 Å². The van der Waals surface area contributed by atoms with E-state index in [0.717, 1.165) is 79.6 Å². The summed E-state index contributed by atoms with van der Waals surface area (Å²) in [6.45, 7) is 32.7. The molecule has 3 aromatic rings. The Kier molecular flexibility index (Phi) is 23.4. The molecule has 316 valence electrons. The number of aryl methyl sites for hydroxylation is 3. The smallest absolute Gasteiger partial charge is 0.122 e. The Labute approximate surface area is 342 Å². The van der Waals surface area contributed by atoms with Crippen LogP contribution in [0.3, 0.4) is 0 Å². The van der Waals surface area contributed by atoms with Gasteiger partial charge in [0, 0.05) is 24.7 Å². The number of benzene rings is 3. The molecule has 4 atom stereocenters. The minimum Gasteiger partial charge on any atom is -0.493 e. The second kappa shape index (κ2) is 26.7. The van der Waals surface area contributed by atoms with Crippen molar-refractivity contribution in [3.05, 3.63) is 88.0 Å². The van der Waals surface area contributed by atoms with E-state index in [1.165, 1.54) is 36.0 Å². The third kappa shape index (κ3) is 16.8. The Hall–Kier alpha value is -3.10. The molecular weight excluding hydrogens is 701 g/mol. The van der Waals surface area contributed by atoms with Gasteiger partial charge in [-0.1, -0.05) is 112 Å². The summed E-state index contributed by atoms with van der Waals surface area (Å²) in [5, 5.41) is 0. The predicted molar refractivity (Wildman–Crippen MR) is 233 cm³/mol. The minimum absolute atomic E-state index is 0.368. The molecule has 0 aliphatic carbocycles. The average molecular weight is 779 g/mol. The highest BCUT2D eigenvalue weighted by Gasteiger charge is 2.33. The van der Waals surface area contributed by atoms with Gasteiger partial charge in [-0.3, -0.25) is 0 Å². The molecule has 7 nitrogen and oxygen atoms in total. The highest BCUT2D eigenvalue weighted by Crippen LogP contribution is 2.43. The Balaban J connectivity index is 0.000000623. The maximum atomic E-state index is 6.12. The van der Waals surface area contributed by atoms with Crippen LogP contribution in [0.25, 0.3) is 0 Å². The van der Waals surface area contributed by atoms with Crippen molar-refractivity contribution in [3.63, 3.8) is 0 Å². The lowest BCUT2D eigenvalue weighted by atomic mass is 9.70. The average Bonchev–Trinajstić information content (AvgIpc) is 3.99. The van der Waals surface area contributed by atoms with Crippen LogP contribution in [0, 0.1) is 20.8 Å². The second-order valence-electron chi connectivity index (χ2n) is 14.3. The van der Waals surface area contributed by atoms with Crippen molar-refractivity contribution in [1.82, 2.24) is 0 Å². The molecule has 4 unspecified atom stereocenters. The van der Waals surface area contributed by atoms with Crippen LogP contribution in [0.4, 0.5) is 0 Å². The van der Waals surface area contributed by atoms with Gasteiger partial charge in [0.2, 0.25) is 0 Å². The quantitative estimate of drug-likeness (QED) is 0.0997. The fraction of sp³-hybridized carbons (Fsp3) is 0.633. The molecule has 4 aliphatic rings. The van der Waals surface area contributed by atoms with Crippen LogP contribution in [0.5, 0.6) is 17.2 Å². The van der Waals surface area contributed by atoms with Gasteiger partial charge in [-0.2, -0.15) is 0 Å². The molecule has 0 N–H and O–H groups in total. The van der Waals surface area contributed by atoms with E-state index in [4.69, 9.17) is 33.2 Å². The van der Waals surface area contributed by atoms with Gasteiger partial charge < -0.3 is 33.2 Å². The van der Waals surface area contributed by atoms with Crippen LogP contribution in [0.15, 0.2) is 54.6 Å². The van der Waals surface area contributed by atoms with Gasteiger partial charge in [-0.25, -0.2) is 0 Å². The van der Waals surface area contributed by atoms with Gasteiger partial charge in [-0.05, 0) is 85.7 Å². The fourth-order valence-corrected chi connectivity index (χ4v) is 6.03. The second-order valence-corrected chi connectivity index (χ2v) is 14.3. The van der Waals surface area contributed by atoms with Crippen LogP contribution in [0.2, 0.25) is 0 Å². The van der Waals surface area contributed by atoms with Crippen molar-refractivity contribution in [2.45, 2.75) is 158 Å². The van der Waals surface area contributed by atoms with E-state index in [1.54, 1.807) is 0 Å². The number of ether oxygens (including phenoxy) is 7. The summed E-state index contributed by atoms with van der Waals surface area (Å²) in [5.74, 6) is 2.78. The van der Waals surface area contributed by atoms with Crippen LogP contribution in [0.1, 0.15) is 141 Å². The van der Waals surface area contributed by atoms with E-state index in [9.17, 15) is 0 Å². The lowest BCUT2D eigenvalue weighted by Gasteiger charge is -2.33. The molecule has 0 spiro atoms. The Morgan fingerprint density at radius 3 is 0.929 bits per heavy atom. The Bertz CT molecular complexity index is 1320. The standard InChI is InChI=1S/C35H42O6.C5H10O.C3H8.3C2H6/c1-23-17-26(5-8-32(23)36-14-11-29-20-39-29)35(4,27-6-9-33(24(2)18-27)37-15-12-30-21-40-30)28-7-10-34(25(3)19-28)38-16-13-31-22-41-31;1-2-3-5-4-6-5;1-3-2;3*1-2/h5-10,17-19,29-31H,11-16,20-22H2,1-4H3;5H,2-4H2,1H3;3H2,1-2H3;3*1-2H3. The van der Waals surface area contributed by atoms with E-state index >= 15 is 0 Å². The first-order valence-corrected chi connectivity index (χ1v) is 21.9. The molecule has 4 heterocycles. The topological polar surface area (TPSA) is 77.8 Å². The van der Waals surface area contributed by atoms with Crippen LogP contribution < -0.4 is 14.2 Å². The van der Waals surface area contributed by atoms with Crippen molar-refractivity contribution in [2.24, 2.45) is 0 Å². The minimum atomic E-state index is -0.401. The molecule has 0 aromatic heterocycles. The molecule has 0 amide bonds. The summed E-state index contributed by atoms with van der Waals surface area (Å²) in [6, 6.07) is 19.8. The van der Waals surface area contributed by atoms with E-state index in [0.29, 0.717) is 44.2 Å². The molecule has 56 heavy (non-hydrogen) atoms. The maximum Gasteiger partial charge on any atom is 0.122 e. The summed E-state index contributed by atoms with van der Waals surface area (Å²) < 4.78 is 39.3. The first kappa shape index (κ1) is 49.0. The van der Waals surface area contributed by atoms with E-state index in [-0.39, 0.29) is 0 Å². The maximum absolute atomic E-state index is 6.12. The zero-order valence-corrected chi connectivity index (χ0v) is 37.6. The predicted octanol–water partition coefficient (Wildman–Crippen LogP) is 12.1. The molecule has 0 saturated carbocycles. The normalized spacial score (nSPS) is 20.1. The van der Waals surface area contributed by atoms with Gasteiger partial charge in [0.25, 0.3) is 0 Å². The van der Waals surface area contributed by atoms with Crippen molar-refractivity contribution >= 4 is 0 Å². The SMILES string of the molecule is CC.CC.CC.CCC.CCCC1CO1.Cc1cc(C(C)(c2ccc(OCCC3CO3)c(C)c2)c2ccc(OCCC3CO3)c(C)c2)ccc1OCCC1CO1. The van der Waals surface area contributed by atoms with Crippen LogP contribution >= 0.6 is 0 Å². The summed E-state index contributed by atoms with van der Waals surface area (Å²) in [5.41, 5.74) is 6.62. The van der Waals surface area contributed by atoms with Crippen molar-refractivity contribution < 1.29 is 33.2 Å². The van der Waals surface area contributed by atoms with Gasteiger partial charge in [0.05, 0.1) is 70.7 Å². The lowest BCUT2D eigenvalue weighted by Crippen LogP contribution is -2.26. The number of epoxide rings is 4. The summed E-state index contributed by atoms with van der Waals surface area (Å²) in [4.78, 5) is 0. The molecule has 0 radical (unpaired) electrons. The van der Waals surface area contributed by atoms with Crippen LogP contribution in [-0.2, 0) is 24.4 Å². The summed E-state index contributed by atoms with van der Waals surface area (Å²) in [7, 11) is 0. The third-order valence-electron chi connectivity index (χ3n) is 9.57. The first-order valence-electron chi connectivity index (χ1n) is 21.9. The zero-order chi connectivity index (χ0) is 41.5. The van der Waals surface area contributed by atoms with Crippen molar-refractivity contribution in [1.29, 1.82) is 0 Å². The van der Waals surface area contributed by atoms with Gasteiger partial charge >= 0.3 is 0 Å². The molecule has 7 rings (SSSR count). The van der Waals surface area contributed by atoms with Crippen molar-refractivity contribution in [2.75, 3.05) is 46.2 Å². The van der Waals surface area contributed by atoms with Gasteiger partial charge in [-0.15, -0.1) is 0 Å². The lowest BCUT2D eigenvalue weighted by molar-refractivity contribution is 0.281. The van der Waals surface area contributed by atoms with E-state index in [1.807, 2.05) is 41.5 Å². The summed E-state index contributed by atoms with van der Waals surface area (Å²) in [6.07, 6.45) is 8.33. The number of rotatable bonds is 17. The van der Waals surface area contributed by atoms with E-state index < -0.39 is 5.41 Å². The molecule has 4 saturated heterocycles. The molecule has 4 aliphatic heterocycles. The first-order chi connectivity index (χ1) is 27.2. The number of hydrogen-bond donors (Lipinski definition) is 0. The monoisotopic (exact) mass is 779 g/mol. The fourth-order valence-electron chi connectivity index (χ4n) is 6.03. The molecule has 3 aromatic carbocycles. The highest BCUT2D eigenvalue weighted by molar-refractivity contribution is 5.55. The molecule has 0 bridgehead atoms. The summed E-state index contributed by atoms with van der Waals surface area (Å²) >= 11 is 0. The van der Waals surface area contributed by atoms with E-state index in [2.05, 4.69) is 103 Å². The zero-order valence-electron chi connectivity index (χ0n) is 37.6.